The minimum atomic E-state index is -0.959. The first-order valence-corrected chi connectivity index (χ1v) is 15.4. The molecule has 0 bridgehead atoms. The fourth-order valence-electron chi connectivity index (χ4n) is 4.59. The number of carbonyl (C=O) groups is 4. The van der Waals surface area contributed by atoms with E-state index < -0.39 is 30.6 Å². The van der Waals surface area contributed by atoms with Crippen molar-refractivity contribution in [3.05, 3.63) is 0 Å². The van der Waals surface area contributed by atoms with Gasteiger partial charge in [0.1, 0.15) is 6.04 Å². The molecule has 0 aromatic heterocycles. The molecule has 0 aliphatic carbocycles. The van der Waals surface area contributed by atoms with Crippen molar-refractivity contribution in [3.8, 4) is 0 Å². The number of carboxylic acid groups (broad SMARTS) is 1. The van der Waals surface area contributed by atoms with Gasteiger partial charge in [-0.2, -0.15) is 0 Å². The molecule has 0 spiro atoms. The van der Waals surface area contributed by atoms with Crippen molar-refractivity contribution in [2.24, 2.45) is 11.5 Å². The number of carboxylic acids is 1. The normalized spacial score (nSPS) is 12.7. The first kappa shape index (κ1) is 37.9. The van der Waals surface area contributed by atoms with Crippen molar-refractivity contribution in [3.63, 3.8) is 0 Å². The van der Waals surface area contributed by atoms with E-state index in [1.165, 1.54) is 57.8 Å². The molecule has 1 unspecified atom stereocenters. The summed E-state index contributed by atoms with van der Waals surface area (Å²) in [5.41, 5.74) is 10.7. The number of carbonyl (C=O) groups excluding carboxylic acids is 3. The summed E-state index contributed by atoms with van der Waals surface area (Å²) in [7, 11) is 0. The molecule has 0 rings (SSSR count). The Morgan fingerprint density at radius 1 is 0.650 bits per heavy atom. The van der Waals surface area contributed by atoms with Crippen LogP contribution in [0.3, 0.4) is 0 Å². The highest BCUT2D eigenvalue weighted by molar-refractivity contribution is 5.87. The monoisotopic (exact) mass is 571 g/mol. The van der Waals surface area contributed by atoms with Crippen LogP contribution in [-0.2, 0) is 19.2 Å². The summed E-state index contributed by atoms with van der Waals surface area (Å²) < 4.78 is 0. The first-order valence-electron chi connectivity index (χ1n) is 15.4. The molecule has 2 atom stereocenters. The second-order valence-electron chi connectivity index (χ2n) is 10.6. The number of aliphatic hydroxyl groups is 1. The van der Waals surface area contributed by atoms with E-state index in [1.54, 1.807) is 0 Å². The third kappa shape index (κ3) is 23.8. The van der Waals surface area contributed by atoms with Crippen LogP contribution in [0.2, 0.25) is 0 Å². The number of hydrogen-bond donors (Lipinski definition) is 7. The van der Waals surface area contributed by atoms with Crippen LogP contribution in [0, 0.1) is 0 Å². The fraction of sp³-hybridized carbons (Fsp3) is 0.862. The quantitative estimate of drug-likeness (QED) is 0.0500. The number of nitrogens with one attached hydrogen (secondary N) is 3. The van der Waals surface area contributed by atoms with Gasteiger partial charge in [0.25, 0.3) is 0 Å². The zero-order valence-electron chi connectivity index (χ0n) is 24.6. The van der Waals surface area contributed by atoms with Crippen LogP contribution in [0.25, 0.3) is 0 Å². The van der Waals surface area contributed by atoms with Crippen molar-refractivity contribution in [1.82, 2.24) is 16.0 Å². The number of hydrogen-bond acceptors (Lipinski definition) is 8. The van der Waals surface area contributed by atoms with Crippen LogP contribution in [0.5, 0.6) is 0 Å². The lowest BCUT2D eigenvalue weighted by Gasteiger charge is -2.18. The molecule has 9 N–H and O–H groups in total. The standard InChI is InChI=1S/C29H57N5O6/c30-23-34-24(26(36)21-33-25(22-35)29(31)40)17-15-16-20-32-27(37)18-13-11-9-7-5-3-1-2-4-6-8-10-12-14-19-28(38)39/h24-25,33-35H,1-23,30H2,(H2,31,40)(H,32,37)(H,38,39)/t24?,25-/m0/s1. The Kier molecular flexibility index (Phi) is 25.7. The maximum absolute atomic E-state index is 12.4. The van der Waals surface area contributed by atoms with Crippen LogP contribution >= 0.6 is 0 Å². The van der Waals surface area contributed by atoms with E-state index in [-0.39, 0.29) is 24.9 Å². The second-order valence-corrected chi connectivity index (χ2v) is 10.6. The number of unbranched alkanes of at least 4 members (excludes halogenated alkanes) is 14. The van der Waals surface area contributed by atoms with Gasteiger partial charge in [-0.05, 0) is 32.1 Å². The Morgan fingerprint density at radius 2 is 1.15 bits per heavy atom. The largest absolute Gasteiger partial charge is 0.481 e. The number of amides is 2. The predicted molar refractivity (Wildman–Crippen MR) is 157 cm³/mol. The van der Waals surface area contributed by atoms with Gasteiger partial charge in [0.2, 0.25) is 11.8 Å². The summed E-state index contributed by atoms with van der Waals surface area (Å²) >= 11 is 0. The van der Waals surface area contributed by atoms with Gasteiger partial charge in [0, 0.05) is 26.1 Å². The number of aliphatic hydroxyl groups excluding tert-OH is 1. The summed E-state index contributed by atoms with van der Waals surface area (Å²) in [5, 5.41) is 26.3. The molecule has 11 nitrogen and oxygen atoms in total. The van der Waals surface area contributed by atoms with Gasteiger partial charge in [0.15, 0.2) is 5.78 Å². The van der Waals surface area contributed by atoms with Crippen molar-refractivity contribution in [2.45, 2.75) is 134 Å². The van der Waals surface area contributed by atoms with E-state index in [0.29, 0.717) is 25.8 Å². The van der Waals surface area contributed by atoms with E-state index in [1.807, 2.05) is 0 Å². The van der Waals surface area contributed by atoms with Gasteiger partial charge in [-0.1, -0.05) is 77.0 Å². The summed E-state index contributed by atoms with van der Waals surface area (Å²) in [4.78, 5) is 46.1. The van der Waals surface area contributed by atoms with Crippen molar-refractivity contribution >= 4 is 23.6 Å². The number of ketones is 1. The molecule has 2 amide bonds. The Balaban J connectivity index is 3.61. The van der Waals surface area contributed by atoms with Crippen LogP contribution in [0.1, 0.15) is 122 Å². The molecular formula is C29H57N5O6. The Hall–Kier alpha value is -2.08. The lowest BCUT2D eigenvalue weighted by molar-refractivity contribution is -0.137. The molecule has 0 saturated carbocycles. The zero-order chi connectivity index (χ0) is 29.8. The molecule has 11 heteroatoms. The van der Waals surface area contributed by atoms with E-state index in [0.717, 1.165) is 44.9 Å². The minimum absolute atomic E-state index is 0.0697. The predicted octanol–water partition coefficient (Wildman–Crippen LogP) is 2.48. The molecule has 40 heavy (non-hydrogen) atoms. The average Bonchev–Trinajstić information content (AvgIpc) is 2.91. The molecule has 0 fully saturated rings. The Labute approximate surface area is 241 Å². The van der Waals surface area contributed by atoms with Gasteiger partial charge < -0.3 is 27.0 Å². The topological polar surface area (TPSA) is 197 Å². The van der Waals surface area contributed by atoms with Crippen molar-refractivity contribution in [1.29, 1.82) is 0 Å². The molecule has 0 aromatic carbocycles. The van der Waals surface area contributed by atoms with Crippen LogP contribution in [0.4, 0.5) is 0 Å². The van der Waals surface area contributed by atoms with E-state index in [4.69, 9.17) is 21.7 Å². The highest BCUT2D eigenvalue weighted by Gasteiger charge is 2.20. The molecule has 0 heterocycles. The Morgan fingerprint density at radius 3 is 1.60 bits per heavy atom. The van der Waals surface area contributed by atoms with Gasteiger partial charge in [-0.15, -0.1) is 0 Å². The van der Waals surface area contributed by atoms with E-state index >= 15 is 0 Å². The molecule has 0 saturated heterocycles. The number of aliphatic carboxylic acids is 1. The van der Waals surface area contributed by atoms with Gasteiger partial charge in [-0.25, -0.2) is 0 Å². The molecule has 0 aromatic rings. The minimum Gasteiger partial charge on any atom is -0.481 e. The maximum Gasteiger partial charge on any atom is 0.303 e. The maximum atomic E-state index is 12.4. The molecular weight excluding hydrogens is 514 g/mol. The van der Waals surface area contributed by atoms with E-state index in [9.17, 15) is 19.2 Å². The molecule has 234 valence electrons. The third-order valence-corrected chi connectivity index (χ3v) is 7.09. The highest BCUT2D eigenvalue weighted by atomic mass is 16.4. The summed E-state index contributed by atoms with van der Waals surface area (Å²) in [6, 6.07) is -1.42. The SMILES string of the molecule is NCNC(CCCCNC(=O)CCCCCCCCCCCCCCCCC(=O)O)C(=O)CN[C@@H](CO)C(N)=O. The lowest BCUT2D eigenvalue weighted by Crippen LogP contribution is -2.50. The van der Waals surface area contributed by atoms with Crippen molar-refractivity contribution < 1.29 is 29.4 Å². The number of Topliss-reactive ketones (excluding diaryl/α,β-unsaturated/α-hetero) is 1. The zero-order valence-corrected chi connectivity index (χ0v) is 24.6. The van der Waals surface area contributed by atoms with Gasteiger partial charge in [0.05, 0.1) is 19.2 Å². The van der Waals surface area contributed by atoms with Crippen molar-refractivity contribution in [2.75, 3.05) is 26.4 Å². The summed E-state index contributed by atoms with van der Waals surface area (Å²) in [6.45, 7) is 0.147. The smallest absolute Gasteiger partial charge is 0.303 e. The number of primary amides is 1. The molecule has 0 aliphatic rings. The lowest BCUT2D eigenvalue weighted by atomic mass is 10.0. The summed E-state index contributed by atoms with van der Waals surface area (Å²) in [5.74, 6) is -1.50. The number of nitrogens with two attached hydrogens (primary N) is 2. The average molecular weight is 572 g/mol. The number of rotatable bonds is 30. The second kappa shape index (κ2) is 27.1. The summed E-state index contributed by atoms with van der Waals surface area (Å²) in [6.07, 6.45) is 19.1. The highest BCUT2D eigenvalue weighted by Crippen LogP contribution is 2.14. The molecule has 0 radical (unpaired) electrons. The fourth-order valence-corrected chi connectivity index (χ4v) is 4.59. The van der Waals surface area contributed by atoms with Gasteiger partial charge >= 0.3 is 5.97 Å². The first-order chi connectivity index (χ1) is 19.3. The van der Waals surface area contributed by atoms with Crippen LogP contribution < -0.4 is 27.4 Å². The molecule has 0 aliphatic heterocycles. The Bertz CT molecular complexity index is 679. The third-order valence-electron chi connectivity index (χ3n) is 7.09. The van der Waals surface area contributed by atoms with Crippen LogP contribution in [0.15, 0.2) is 0 Å². The van der Waals surface area contributed by atoms with Gasteiger partial charge in [-0.3, -0.25) is 29.8 Å². The van der Waals surface area contributed by atoms with Crippen LogP contribution in [-0.4, -0.2) is 72.2 Å². The van der Waals surface area contributed by atoms with E-state index in [2.05, 4.69) is 16.0 Å².